The van der Waals surface area contributed by atoms with E-state index in [1.165, 1.54) is 0 Å². The van der Waals surface area contributed by atoms with Crippen LogP contribution in [-0.4, -0.2) is 17.4 Å². The van der Waals surface area contributed by atoms with Gasteiger partial charge in [-0.3, -0.25) is 9.59 Å². The fraction of sp³-hybridized carbons (Fsp3) is 0.273. The number of carboxylic acids is 1. The lowest BCUT2D eigenvalue weighted by Crippen LogP contribution is -2.03. The highest BCUT2D eigenvalue weighted by atomic mass is 16.4. The normalized spacial score (nSPS) is 8.79. The smallest absolute Gasteiger partial charge is 0.305 e. The van der Waals surface area contributed by atoms with Gasteiger partial charge in [-0.05, 0) is 0 Å². The predicted octanol–water partition coefficient (Wildman–Crippen LogP) is 2.23. The number of carbonyl (C=O) groups excluding carboxylic acids is 1. The van der Waals surface area contributed by atoms with E-state index in [1.54, 1.807) is 26.0 Å². The Kier molecular flexibility index (Phi) is 6.03. The van der Waals surface area contributed by atoms with Gasteiger partial charge in [0.05, 0.1) is 5.92 Å². The van der Waals surface area contributed by atoms with Crippen LogP contribution in [0.15, 0.2) is 30.3 Å². The van der Waals surface area contributed by atoms with Crippen molar-refractivity contribution in [1.82, 2.24) is 0 Å². The first kappa shape index (κ1) is 12.4. The van der Waals surface area contributed by atoms with Gasteiger partial charge in [-0.25, -0.2) is 0 Å². The lowest BCUT2D eigenvalue weighted by atomic mass is 10.2. The van der Waals surface area contributed by atoms with Gasteiger partial charge in [0.2, 0.25) is 0 Å². The van der Waals surface area contributed by atoms with Gasteiger partial charge in [-0.15, -0.1) is 0 Å². The van der Waals surface area contributed by atoms with Crippen LogP contribution in [0.3, 0.4) is 0 Å². The van der Waals surface area contributed by atoms with Crippen molar-refractivity contribution >= 4 is 12.3 Å². The molecule has 0 bridgehead atoms. The first-order valence-electron chi connectivity index (χ1n) is 4.31. The van der Waals surface area contributed by atoms with Crippen LogP contribution >= 0.6 is 0 Å². The molecule has 3 heteroatoms. The summed E-state index contributed by atoms with van der Waals surface area (Å²) in [5.74, 6) is -0.972. The second-order valence-electron chi connectivity index (χ2n) is 3.02. The minimum absolute atomic E-state index is 0.231. The third kappa shape index (κ3) is 5.94. The highest BCUT2D eigenvalue weighted by Crippen LogP contribution is 1.91. The van der Waals surface area contributed by atoms with Crippen LogP contribution in [0.5, 0.6) is 0 Å². The van der Waals surface area contributed by atoms with Crippen molar-refractivity contribution in [2.75, 3.05) is 0 Å². The molecule has 0 saturated heterocycles. The van der Waals surface area contributed by atoms with E-state index >= 15 is 0 Å². The lowest BCUT2D eigenvalue weighted by molar-refractivity contribution is -0.140. The molecular formula is C11H14O3. The van der Waals surface area contributed by atoms with Crippen LogP contribution in [0.2, 0.25) is 0 Å². The van der Waals surface area contributed by atoms with Gasteiger partial charge in [0.25, 0.3) is 0 Å². The molecule has 0 aliphatic carbocycles. The first-order valence-corrected chi connectivity index (χ1v) is 4.31. The molecule has 1 rings (SSSR count). The zero-order valence-corrected chi connectivity index (χ0v) is 8.31. The molecule has 0 heterocycles. The van der Waals surface area contributed by atoms with E-state index in [4.69, 9.17) is 5.11 Å². The number of hydrogen-bond donors (Lipinski definition) is 1. The molecular weight excluding hydrogens is 180 g/mol. The summed E-state index contributed by atoms with van der Waals surface area (Å²) in [6, 6.07) is 9.10. The Hall–Kier alpha value is -1.64. The second kappa shape index (κ2) is 6.83. The third-order valence-electron chi connectivity index (χ3n) is 1.43. The molecule has 0 saturated carbocycles. The first-order chi connectivity index (χ1) is 6.57. The van der Waals surface area contributed by atoms with E-state index in [0.717, 1.165) is 11.8 Å². The highest BCUT2D eigenvalue weighted by Gasteiger charge is 1.99. The minimum Gasteiger partial charge on any atom is -0.481 e. The van der Waals surface area contributed by atoms with E-state index < -0.39 is 5.97 Å². The number of carbonyl (C=O) groups is 2. The van der Waals surface area contributed by atoms with Crippen molar-refractivity contribution in [3.05, 3.63) is 35.9 Å². The van der Waals surface area contributed by atoms with Crippen LogP contribution in [0.1, 0.15) is 24.2 Å². The Morgan fingerprint density at radius 2 is 1.71 bits per heavy atom. The molecule has 0 aromatic heterocycles. The van der Waals surface area contributed by atoms with Gasteiger partial charge in [-0.2, -0.15) is 0 Å². The Labute approximate surface area is 83.4 Å². The monoisotopic (exact) mass is 194 g/mol. The molecule has 0 radical (unpaired) electrons. The zero-order valence-electron chi connectivity index (χ0n) is 8.31. The fourth-order valence-electron chi connectivity index (χ4n) is 0.532. The maximum absolute atomic E-state index is 10.0. The van der Waals surface area contributed by atoms with Crippen molar-refractivity contribution in [2.24, 2.45) is 5.92 Å². The van der Waals surface area contributed by atoms with E-state index in [9.17, 15) is 9.59 Å². The van der Waals surface area contributed by atoms with Gasteiger partial charge in [0.1, 0.15) is 6.29 Å². The largest absolute Gasteiger partial charge is 0.481 e. The molecule has 3 nitrogen and oxygen atoms in total. The summed E-state index contributed by atoms with van der Waals surface area (Å²) < 4.78 is 0. The van der Waals surface area contributed by atoms with Crippen molar-refractivity contribution in [3.63, 3.8) is 0 Å². The summed E-state index contributed by atoms with van der Waals surface area (Å²) >= 11 is 0. The van der Waals surface area contributed by atoms with Crippen LogP contribution in [-0.2, 0) is 4.79 Å². The van der Waals surface area contributed by atoms with E-state index in [-0.39, 0.29) is 5.92 Å². The number of hydrogen-bond acceptors (Lipinski definition) is 2. The number of benzene rings is 1. The average molecular weight is 194 g/mol. The number of rotatable bonds is 2. The van der Waals surface area contributed by atoms with E-state index in [1.807, 2.05) is 18.2 Å². The van der Waals surface area contributed by atoms with Crippen LogP contribution in [0, 0.1) is 5.92 Å². The molecule has 0 amide bonds. The molecule has 0 atom stereocenters. The van der Waals surface area contributed by atoms with Crippen molar-refractivity contribution < 1.29 is 14.7 Å². The van der Waals surface area contributed by atoms with E-state index in [2.05, 4.69) is 0 Å². The Bertz CT molecular complexity index is 278. The molecule has 14 heavy (non-hydrogen) atoms. The van der Waals surface area contributed by atoms with Gasteiger partial charge in [-0.1, -0.05) is 44.2 Å². The summed E-state index contributed by atoms with van der Waals surface area (Å²) in [7, 11) is 0. The summed E-state index contributed by atoms with van der Waals surface area (Å²) in [4.78, 5) is 19.7. The van der Waals surface area contributed by atoms with Crippen molar-refractivity contribution in [3.8, 4) is 0 Å². The molecule has 0 aliphatic heterocycles. The molecule has 0 aliphatic rings. The number of carboxylic acid groups (broad SMARTS) is 1. The Morgan fingerprint density at radius 1 is 1.29 bits per heavy atom. The van der Waals surface area contributed by atoms with Gasteiger partial charge >= 0.3 is 5.97 Å². The van der Waals surface area contributed by atoms with Crippen LogP contribution < -0.4 is 0 Å². The average Bonchev–Trinajstić information content (AvgIpc) is 2.20. The van der Waals surface area contributed by atoms with Gasteiger partial charge in [0.15, 0.2) is 0 Å². The third-order valence-corrected chi connectivity index (χ3v) is 1.43. The lowest BCUT2D eigenvalue weighted by Gasteiger charge is -1.89. The minimum atomic E-state index is -0.741. The van der Waals surface area contributed by atoms with Crippen LogP contribution in [0.4, 0.5) is 0 Å². The number of aliphatic carboxylic acids is 1. The van der Waals surface area contributed by atoms with Gasteiger partial charge in [0, 0.05) is 5.56 Å². The predicted molar refractivity (Wildman–Crippen MR) is 54.3 cm³/mol. The van der Waals surface area contributed by atoms with Crippen molar-refractivity contribution in [2.45, 2.75) is 13.8 Å². The highest BCUT2D eigenvalue weighted by molar-refractivity contribution is 5.74. The Morgan fingerprint density at radius 3 is 1.93 bits per heavy atom. The summed E-state index contributed by atoms with van der Waals surface area (Å²) in [6.07, 6.45) is 0.833. The molecule has 0 fully saturated rings. The van der Waals surface area contributed by atoms with E-state index in [0.29, 0.717) is 0 Å². The molecule has 1 N–H and O–H groups in total. The number of aldehydes is 1. The molecule has 76 valence electrons. The summed E-state index contributed by atoms with van der Waals surface area (Å²) in [5, 5.41) is 7.99. The SMILES string of the molecule is CC(C)C(=O)O.O=Cc1ccccc1. The van der Waals surface area contributed by atoms with Crippen LogP contribution in [0.25, 0.3) is 0 Å². The van der Waals surface area contributed by atoms with Gasteiger partial charge < -0.3 is 5.11 Å². The fourth-order valence-corrected chi connectivity index (χ4v) is 0.532. The summed E-state index contributed by atoms with van der Waals surface area (Å²) in [5.41, 5.74) is 0.729. The Balaban J connectivity index is 0.000000255. The molecule has 0 spiro atoms. The standard InChI is InChI=1S/C7H6O.C4H8O2/c8-6-7-4-2-1-3-5-7;1-3(2)4(5)6/h1-6H;3H,1-2H3,(H,5,6). The summed E-state index contributed by atoms with van der Waals surface area (Å²) in [6.45, 7) is 3.28. The quantitative estimate of drug-likeness (QED) is 0.734. The molecule has 0 unspecified atom stereocenters. The maximum atomic E-state index is 10.0. The maximum Gasteiger partial charge on any atom is 0.305 e. The molecule has 1 aromatic carbocycles. The zero-order chi connectivity index (χ0) is 11.0. The van der Waals surface area contributed by atoms with Crippen molar-refractivity contribution in [1.29, 1.82) is 0 Å². The molecule has 1 aromatic rings. The second-order valence-corrected chi connectivity index (χ2v) is 3.02. The topological polar surface area (TPSA) is 54.4 Å².